The maximum Gasteiger partial charge on any atom is 0.320 e. The largest absolute Gasteiger partial charge is 0.459 e. The molecule has 0 aliphatic heterocycles. The van der Waals surface area contributed by atoms with Gasteiger partial charge in [0.25, 0.3) is 0 Å². The predicted octanol–water partition coefficient (Wildman–Crippen LogP) is 3.15. The summed E-state index contributed by atoms with van der Waals surface area (Å²) in [5.41, 5.74) is 6.37. The van der Waals surface area contributed by atoms with Crippen molar-refractivity contribution in [2.24, 2.45) is 5.73 Å². The van der Waals surface area contributed by atoms with E-state index in [0.717, 1.165) is 30.7 Å². The van der Waals surface area contributed by atoms with Crippen LogP contribution in [0, 0.1) is 0 Å². The monoisotopic (exact) mass is 700 g/mol. The van der Waals surface area contributed by atoms with Crippen molar-refractivity contribution in [2.45, 2.75) is 98.4 Å². The van der Waals surface area contributed by atoms with Crippen molar-refractivity contribution >= 4 is 17.9 Å². The lowest BCUT2D eigenvalue weighted by Gasteiger charge is -2.31. The van der Waals surface area contributed by atoms with Gasteiger partial charge in [-0.05, 0) is 100 Å². The molecule has 0 saturated heterocycles. The van der Waals surface area contributed by atoms with Crippen LogP contribution < -0.4 is 5.73 Å². The summed E-state index contributed by atoms with van der Waals surface area (Å²) in [6.45, 7) is 20.3. The van der Waals surface area contributed by atoms with Crippen molar-refractivity contribution in [3.63, 3.8) is 0 Å². The molecular formula is C36H60N8O6. The van der Waals surface area contributed by atoms with Gasteiger partial charge in [-0.25, -0.2) is 4.98 Å². The summed E-state index contributed by atoms with van der Waals surface area (Å²) in [7, 11) is 0. The van der Waals surface area contributed by atoms with Crippen LogP contribution >= 0.6 is 0 Å². The van der Waals surface area contributed by atoms with Gasteiger partial charge in [-0.2, -0.15) is 5.10 Å². The molecule has 2 aromatic rings. The molecule has 0 aromatic carbocycles. The molecule has 0 unspecified atom stereocenters. The number of pyridine rings is 1. The maximum absolute atomic E-state index is 12.9. The van der Waals surface area contributed by atoms with Crippen LogP contribution in [0.15, 0.2) is 30.7 Å². The lowest BCUT2D eigenvalue weighted by atomic mass is 10.1. The molecule has 2 heterocycles. The number of carbonyl (C=O) groups is 3. The third kappa shape index (κ3) is 19.6. The first-order chi connectivity index (χ1) is 23.3. The van der Waals surface area contributed by atoms with Crippen LogP contribution in [0.4, 0.5) is 0 Å². The van der Waals surface area contributed by atoms with E-state index < -0.39 is 16.8 Å². The molecule has 0 bridgehead atoms. The molecule has 50 heavy (non-hydrogen) atoms. The molecule has 280 valence electrons. The van der Waals surface area contributed by atoms with E-state index in [4.69, 9.17) is 24.9 Å². The molecular weight excluding hydrogens is 640 g/mol. The normalized spacial score (nSPS) is 12.4. The van der Waals surface area contributed by atoms with E-state index in [0.29, 0.717) is 51.5 Å². The molecule has 0 radical (unpaired) electrons. The van der Waals surface area contributed by atoms with Crippen molar-refractivity contribution < 1.29 is 28.6 Å². The number of esters is 3. The molecule has 0 amide bonds. The van der Waals surface area contributed by atoms with Gasteiger partial charge in [0, 0.05) is 45.0 Å². The van der Waals surface area contributed by atoms with Gasteiger partial charge < -0.3 is 19.9 Å². The molecule has 14 heteroatoms. The number of unbranched alkanes of at least 4 members (excludes halogenated alkanes) is 1. The van der Waals surface area contributed by atoms with Crippen LogP contribution in [0.5, 0.6) is 0 Å². The van der Waals surface area contributed by atoms with Gasteiger partial charge in [-0.15, -0.1) is 5.10 Å². The van der Waals surface area contributed by atoms with Gasteiger partial charge in [-0.3, -0.25) is 34.1 Å². The maximum atomic E-state index is 12.9. The lowest BCUT2D eigenvalue weighted by Crippen LogP contribution is -2.46. The van der Waals surface area contributed by atoms with E-state index in [-0.39, 0.29) is 37.5 Å². The average molecular weight is 701 g/mol. The molecule has 0 spiro atoms. The summed E-state index contributed by atoms with van der Waals surface area (Å²) in [5, 5.41) is 7.63. The molecule has 0 aliphatic carbocycles. The second-order valence-electron chi connectivity index (χ2n) is 15.3. The second kappa shape index (κ2) is 20.3. The zero-order chi connectivity index (χ0) is 37.4. The number of hydrogen-bond acceptors (Lipinski definition) is 14. The highest BCUT2D eigenvalue weighted by atomic mass is 16.6. The number of carbonyl (C=O) groups excluding carboxylic acids is 3. The Kier molecular flexibility index (Phi) is 17.3. The fraction of sp³-hybridized carbons (Fsp3) is 0.694. The van der Waals surface area contributed by atoms with E-state index in [1.165, 1.54) is 6.33 Å². The number of hydrogen-bond donors (Lipinski definition) is 1. The minimum absolute atomic E-state index is 0.0598. The number of ether oxygens (including phenoxy) is 3. The Morgan fingerprint density at radius 3 is 1.56 bits per heavy atom. The standard InChI is InChI=1S/C36H60N8O6/c1-34(2,3)48-31(45)24-42(17-11-10-13-28-14-12-15-29(41-28)30-23-39-40-27-38-30)19-21-44(26-33(47)50-36(7,8)9)22-20-43(18-16-37)25-32(46)49-35(4,5)6/h12,14-15,23,27H,10-11,13,16-22,24-26,37H2,1-9H3. The van der Waals surface area contributed by atoms with E-state index in [2.05, 4.69) is 20.1 Å². The molecule has 2 N–H and O–H groups in total. The first-order valence-corrected chi connectivity index (χ1v) is 17.4. The fourth-order valence-electron chi connectivity index (χ4n) is 5.00. The van der Waals surface area contributed by atoms with E-state index in [9.17, 15) is 14.4 Å². The first-order valence-electron chi connectivity index (χ1n) is 17.4. The zero-order valence-corrected chi connectivity index (χ0v) is 31.7. The number of rotatable bonds is 20. The quantitative estimate of drug-likeness (QED) is 0.122. The van der Waals surface area contributed by atoms with Crippen LogP contribution in [0.1, 0.15) is 80.8 Å². The highest BCUT2D eigenvalue weighted by molar-refractivity contribution is 5.73. The molecule has 0 saturated carbocycles. The van der Waals surface area contributed by atoms with E-state index in [1.807, 2.05) is 90.3 Å². The Labute approximate surface area is 298 Å². The van der Waals surface area contributed by atoms with Gasteiger partial charge in [0.15, 0.2) is 0 Å². The molecule has 0 aliphatic rings. The van der Waals surface area contributed by atoms with E-state index in [1.54, 1.807) is 6.20 Å². The van der Waals surface area contributed by atoms with Crippen LogP contribution in [0.2, 0.25) is 0 Å². The van der Waals surface area contributed by atoms with Crippen molar-refractivity contribution in [1.82, 2.24) is 34.9 Å². The van der Waals surface area contributed by atoms with Crippen molar-refractivity contribution in [3.8, 4) is 11.4 Å². The van der Waals surface area contributed by atoms with Crippen molar-refractivity contribution in [2.75, 3.05) is 65.4 Å². The minimum Gasteiger partial charge on any atom is -0.459 e. The SMILES string of the molecule is CC(C)(C)OC(=O)CN(CCN)CCN(CCN(CCCCc1cccc(-c2cnncn2)n1)CC(=O)OC(C)(C)C)CC(=O)OC(C)(C)C. The molecule has 0 fully saturated rings. The number of nitrogens with two attached hydrogens (primary N) is 1. The summed E-state index contributed by atoms with van der Waals surface area (Å²) in [5.74, 6) is -0.988. The fourth-order valence-corrected chi connectivity index (χ4v) is 5.00. The summed E-state index contributed by atoms with van der Waals surface area (Å²) in [6, 6.07) is 5.84. The van der Waals surface area contributed by atoms with Crippen molar-refractivity contribution in [1.29, 1.82) is 0 Å². The van der Waals surface area contributed by atoms with E-state index >= 15 is 0 Å². The third-order valence-corrected chi connectivity index (χ3v) is 6.95. The van der Waals surface area contributed by atoms with Gasteiger partial charge in [0.1, 0.15) is 28.8 Å². The Hall–Kier alpha value is -3.59. The summed E-state index contributed by atoms with van der Waals surface area (Å²) < 4.78 is 16.8. The van der Waals surface area contributed by atoms with Gasteiger partial charge in [-0.1, -0.05) is 6.07 Å². The smallest absolute Gasteiger partial charge is 0.320 e. The highest BCUT2D eigenvalue weighted by Crippen LogP contribution is 2.15. The number of nitrogens with zero attached hydrogens (tertiary/aromatic N) is 7. The van der Waals surface area contributed by atoms with Crippen LogP contribution in [0.3, 0.4) is 0 Å². The Morgan fingerprint density at radius 1 is 0.640 bits per heavy atom. The summed E-state index contributed by atoms with van der Waals surface area (Å²) in [4.78, 5) is 53.4. The Balaban J connectivity index is 2.11. The van der Waals surface area contributed by atoms with Gasteiger partial charge in [0.05, 0.1) is 31.5 Å². The number of aryl methyl sites for hydroxylation is 1. The third-order valence-electron chi connectivity index (χ3n) is 6.95. The Bertz CT molecular complexity index is 1320. The summed E-state index contributed by atoms with van der Waals surface area (Å²) >= 11 is 0. The highest BCUT2D eigenvalue weighted by Gasteiger charge is 2.24. The molecule has 2 aromatic heterocycles. The first kappa shape index (κ1) is 42.6. The van der Waals surface area contributed by atoms with Crippen LogP contribution in [-0.2, 0) is 35.0 Å². The van der Waals surface area contributed by atoms with Crippen LogP contribution in [0.25, 0.3) is 11.4 Å². The topological polar surface area (TPSA) is 166 Å². The molecule has 2 rings (SSSR count). The second-order valence-corrected chi connectivity index (χ2v) is 15.3. The zero-order valence-electron chi connectivity index (χ0n) is 31.7. The predicted molar refractivity (Wildman–Crippen MR) is 192 cm³/mol. The minimum atomic E-state index is -0.631. The van der Waals surface area contributed by atoms with Gasteiger partial charge >= 0.3 is 17.9 Å². The molecule has 14 nitrogen and oxygen atoms in total. The van der Waals surface area contributed by atoms with Crippen LogP contribution in [-0.4, -0.2) is 135 Å². The Morgan fingerprint density at radius 2 is 1.12 bits per heavy atom. The summed E-state index contributed by atoms with van der Waals surface area (Å²) in [6.07, 6.45) is 5.41. The molecule has 0 atom stereocenters. The average Bonchev–Trinajstić information content (AvgIpc) is 2.98. The van der Waals surface area contributed by atoms with Crippen molar-refractivity contribution in [3.05, 3.63) is 36.4 Å². The van der Waals surface area contributed by atoms with Gasteiger partial charge in [0.2, 0.25) is 0 Å². The number of aromatic nitrogens is 4. The lowest BCUT2D eigenvalue weighted by molar-refractivity contribution is -0.158.